The quantitative estimate of drug-likeness (QED) is 0.783. The van der Waals surface area contributed by atoms with Crippen molar-refractivity contribution in [2.45, 2.75) is 39.7 Å². The van der Waals surface area contributed by atoms with Crippen LogP contribution in [0.15, 0.2) is 10.9 Å². The lowest BCUT2D eigenvalue weighted by Crippen LogP contribution is -2.28. The lowest BCUT2D eigenvalue weighted by molar-refractivity contribution is 0.341. The molecule has 0 aliphatic carbocycles. The molecule has 0 aromatic carbocycles. The third-order valence-corrected chi connectivity index (χ3v) is 3.32. The fourth-order valence-electron chi connectivity index (χ4n) is 1.87. The minimum atomic E-state index is 0.446. The minimum Gasteiger partial charge on any atom is -0.309 e. The number of thiazole rings is 1. The maximum atomic E-state index is 4.41. The maximum absolute atomic E-state index is 4.41. The highest BCUT2D eigenvalue weighted by atomic mass is 32.1. The molecule has 0 radical (unpaired) electrons. The number of aromatic nitrogens is 1. The van der Waals surface area contributed by atoms with Gasteiger partial charge in [-0.25, -0.2) is 4.98 Å². The highest BCUT2D eigenvalue weighted by Crippen LogP contribution is 2.26. The lowest BCUT2D eigenvalue weighted by atomic mass is 9.92. The molecule has 0 saturated heterocycles. The van der Waals surface area contributed by atoms with Crippen LogP contribution in [-0.4, -0.2) is 11.5 Å². The van der Waals surface area contributed by atoms with Gasteiger partial charge in [0.2, 0.25) is 0 Å². The fraction of sp³-hybridized carbons (Fsp3) is 0.727. The first-order valence-electron chi connectivity index (χ1n) is 5.44. The first-order chi connectivity index (χ1) is 6.83. The van der Waals surface area contributed by atoms with E-state index in [0.717, 1.165) is 6.54 Å². The number of nitrogens with zero attached hydrogens (tertiary/aromatic N) is 1. The van der Waals surface area contributed by atoms with Crippen LogP contribution in [0.25, 0.3) is 0 Å². The number of nitrogens with one attached hydrogen (secondary N) is 1. The van der Waals surface area contributed by atoms with E-state index >= 15 is 0 Å². The van der Waals surface area contributed by atoms with Gasteiger partial charge in [-0.1, -0.05) is 33.6 Å². The van der Waals surface area contributed by atoms with Crippen molar-refractivity contribution in [3.63, 3.8) is 0 Å². The molecule has 1 unspecified atom stereocenters. The number of hydrogen-bond donors (Lipinski definition) is 1. The summed E-state index contributed by atoms with van der Waals surface area (Å²) in [4.78, 5) is 4.41. The Morgan fingerprint density at radius 3 is 2.50 bits per heavy atom. The highest BCUT2D eigenvalue weighted by Gasteiger charge is 2.20. The molecule has 0 spiro atoms. The van der Waals surface area contributed by atoms with E-state index in [1.165, 1.54) is 18.5 Å². The van der Waals surface area contributed by atoms with E-state index in [0.29, 0.717) is 12.0 Å². The van der Waals surface area contributed by atoms with Gasteiger partial charge in [0.05, 0.1) is 17.2 Å². The van der Waals surface area contributed by atoms with Crippen LogP contribution in [-0.2, 0) is 0 Å². The molecule has 1 heterocycles. The SMILES string of the molecule is CCNC(c1cscn1)C(CC)CC. The van der Waals surface area contributed by atoms with Gasteiger partial charge in [-0.2, -0.15) is 0 Å². The third kappa shape index (κ3) is 2.79. The Bertz CT molecular complexity index is 229. The molecule has 0 aliphatic rings. The molecular formula is C11H20N2S. The highest BCUT2D eigenvalue weighted by molar-refractivity contribution is 7.07. The molecule has 0 aliphatic heterocycles. The predicted octanol–water partition coefficient (Wildman–Crippen LogP) is 3.23. The number of rotatable bonds is 6. The van der Waals surface area contributed by atoms with E-state index in [1.807, 2.05) is 5.51 Å². The minimum absolute atomic E-state index is 0.446. The molecule has 3 heteroatoms. The Morgan fingerprint density at radius 1 is 1.36 bits per heavy atom. The number of hydrogen-bond acceptors (Lipinski definition) is 3. The van der Waals surface area contributed by atoms with Crippen LogP contribution in [0.3, 0.4) is 0 Å². The van der Waals surface area contributed by atoms with Crippen molar-refractivity contribution in [1.29, 1.82) is 0 Å². The zero-order valence-electron chi connectivity index (χ0n) is 9.29. The third-order valence-electron chi connectivity index (χ3n) is 2.71. The largest absolute Gasteiger partial charge is 0.309 e. The van der Waals surface area contributed by atoms with Crippen molar-refractivity contribution in [1.82, 2.24) is 10.3 Å². The van der Waals surface area contributed by atoms with Gasteiger partial charge in [-0.3, -0.25) is 0 Å². The fourth-order valence-corrected chi connectivity index (χ4v) is 2.46. The van der Waals surface area contributed by atoms with E-state index in [-0.39, 0.29) is 0 Å². The van der Waals surface area contributed by atoms with Crippen LogP contribution in [0.4, 0.5) is 0 Å². The van der Waals surface area contributed by atoms with Gasteiger partial charge in [0, 0.05) is 5.38 Å². The molecule has 0 fully saturated rings. The van der Waals surface area contributed by atoms with E-state index in [2.05, 4.69) is 36.5 Å². The maximum Gasteiger partial charge on any atom is 0.0795 e. The van der Waals surface area contributed by atoms with E-state index in [9.17, 15) is 0 Å². The Labute approximate surface area is 90.8 Å². The first kappa shape index (κ1) is 11.7. The second-order valence-electron chi connectivity index (χ2n) is 3.53. The smallest absolute Gasteiger partial charge is 0.0795 e. The average molecular weight is 212 g/mol. The van der Waals surface area contributed by atoms with E-state index in [1.54, 1.807) is 11.3 Å². The molecule has 2 nitrogen and oxygen atoms in total. The average Bonchev–Trinajstić information content (AvgIpc) is 2.71. The van der Waals surface area contributed by atoms with Crippen molar-refractivity contribution >= 4 is 11.3 Å². The van der Waals surface area contributed by atoms with Gasteiger partial charge in [0.25, 0.3) is 0 Å². The van der Waals surface area contributed by atoms with Crippen molar-refractivity contribution in [3.8, 4) is 0 Å². The van der Waals surface area contributed by atoms with Crippen LogP contribution in [0.5, 0.6) is 0 Å². The molecule has 1 atom stereocenters. The van der Waals surface area contributed by atoms with Gasteiger partial charge in [-0.05, 0) is 12.5 Å². The normalized spacial score (nSPS) is 13.4. The zero-order chi connectivity index (χ0) is 10.4. The summed E-state index contributed by atoms with van der Waals surface area (Å²) in [5.74, 6) is 0.706. The van der Waals surface area contributed by atoms with Crippen molar-refractivity contribution < 1.29 is 0 Å². The summed E-state index contributed by atoms with van der Waals surface area (Å²) in [5, 5.41) is 5.69. The molecule has 1 aromatic rings. The molecule has 0 bridgehead atoms. The summed E-state index contributed by atoms with van der Waals surface area (Å²) in [5.41, 5.74) is 3.13. The molecule has 1 N–H and O–H groups in total. The Hall–Kier alpha value is -0.410. The molecule has 0 saturated carbocycles. The Kier molecular flexibility index (Phi) is 5.12. The lowest BCUT2D eigenvalue weighted by Gasteiger charge is -2.24. The Balaban J connectivity index is 2.72. The van der Waals surface area contributed by atoms with E-state index < -0.39 is 0 Å². The van der Waals surface area contributed by atoms with Gasteiger partial charge in [-0.15, -0.1) is 11.3 Å². The van der Waals surface area contributed by atoms with Crippen LogP contribution in [0, 0.1) is 5.92 Å². The summed E-state index contributed by atoms with van der Waals surface area (Å²) in [6, 6.07) is 0.446. The summed E-state index contributed by atoms with van der Waals surface area (Å²) in [6.07, 6.45) is 2.43. The van der Waals surface area contributed by atoms with Crippen molar-refractivity contribution in [3.05, 3.63) is 16.6 Å². The molecular weight excluding hydrogens is 192 g/mol. The summed E-state index contributed by atoms with van der Waals surface area (Å²) < 4.78 is 0. The molecule has 0 amide bonds. The van der Waals surface area contributed by atoms with Gasteiger partial charge < -0.3 is 5.32 Å². The monoisotopic (exact) mass is 212 g/mol. The van der Waals surface area contributed by atoms with Gasteiger partial charge in [0.1, 0.15) is 0 Å². The van der Waals surface area contributed by atoms with Gasteiger partial charge >= 0.3 is 0 Å². The van der Waals surface area contributed by atoms with Crippen LogP contribution >= 0.6 is 11.3 Å². The zero-order valence-corrected chi connectivity index (χ0v) is 10.1. The first-order valence-corrected chi connectivity index (χ1v) is 6.39. The van der Waals surface area contributed by atoms with Gasteiger partial charge in [0.15, 0.2) is 0 Å². The van der Waals surface area contributed by atoms with Crippen LogP contribution < -0.4 is 5.32 Å². The standard InChI is InChI=1S/C11H20N2S/c1-4-9(5-2)11(12-6-3)10-7-14-8-13-10/h7-9,11-12H,4-6H2,1-3H3. The Morgan fingerprint density at radius 2 is 2.07 bits per heavy atom. The van der Waals surface area contributed by atoms with E-state index in [4.69, 9.17) is 0 Å². The molecule has 1 aromatic heterocycles. The van der Waals surface area contributed by atoms with Crippen LogP contribution in [0.1, 0.15) is 45.3 Å². The summed E-state index contributed by atoms with van der Waals surface area (Å²) in [7, 11) is 0. The van der Waals surface area contributed by atoms with Crippen LogP contribution in [0.2, 0.25) is 0 Å². The van der Waals surface area contributed by atoms with Crippen molar-refractivity contribution in [2.24, 2.45) is 5.92 Å². The topological polar surface area (TPSA) is 24.9 Å². The van der Waals surface area contributed by atoms with Crippen molar-refractivity contribution in [2.75, 3.05) is 6.54 Å². The summed E-state index contributed by atoms with van der Waals surface area (Å²) in [6.45, 7) is 7.68. The molecule has 1 rings (SSSR count). The molecule has 80 valence electrons. The predicted molar refractivity (Wildman–Crippen MR) is 62.6 cm³/mol. The second-order valence-corrected chi connectivity index (χ2v) is 4.24. The second kappa shape index (κ2) is 6.14. The molecule has 14 heavy (non-hydrogen) atoms. The summed E-state index contributed by atoms with van der Waals surface area (Å²) >= 11 is 1.68.